The van der Waals surface area contributed by atoms with Gasteiger partial charge in [-0.3, -0.25) is 0 Å². The molecule has 0 unspecified atom stereocenters. The highest BCUT2D eigenvalue weighted by atomic mass is 16.3. The maximum absolute atomic E-state index is 8.73. The molecule has 0 saturated heterocycles. The van der Waals surface area contributed by atoms with E-state index in [1.807, 2.05) is 6.79 Å². The minimum absolute atomic E-state index is 0.0880. The molecule has 96 valence electrons. The predicted octanol–water partition coefficient (Wildman–Crippen LogP) is 1.89. The summed E-state index contributed by atoms with van der Waals surface area (Å²) in [5, 5.41) is 26.0. The summed E-state index contributed by atoms with van der Waals surface area (Å²) in [6.07, 6.45) is 0. The summed E-state index contributed by atoms with van der Waals surface area (Å²) in [4.78, 5) is 8.00. The van der Waals surface area contributed by atoms with Crippen molar-refractivity contribution in [3.05, 3.63) is 48.5 Å². The lowest BCUT2D eigenvalue weighted by Crippen LogP contribution is -1.80. The lowest BCUT2D eigenvalue weighted by atomic mass is 10.3. The zero-order valence-electron chi connectivity index (χ0n) is 9.65. The molecular weight excluding hydrogens is 234 g/mol. The van der Waals surface area contributed by atoms with Crippen LogP contribution >= 0.6 is 0 Å². The van der Waals surface area contributed by atoms with Gasteiger partial charge in [-0.05, 0) is 24.3 Å². The lowest BCUT2D eigenvalue weighted by molar-refractivity contribution is -0.0979. The zero-order chi connectivity index (χ0) is 14.0. The summed E-state index contributed by atoms with van der Waals surface area (Å²) < 4.78 is 0. The van der Waals surface area contributed by atoms with Crippen LogP contribution in [0.5, 0.6) is 17.2 Å². The van der Waals surface area contributed by atoms with Crippen molar-refractivity contribution in [2.45, 2.75) is 0 Å². The normalized spacial score (nSPS) is 8.22. The van der Waals surface area contributed by atoms with Crippen molar-refractivity contribution in [2.24, 2.45) is 0 Å². The van der Waals surface area contributed by atoms with Crippen molar-refractivity contribution in [3.8, 4) is 17.2 Å². The molecule has 0 amide bonds. The fourth-order valence-electron chi connectivity index (χ4n) is 1.02. The van der Waals surface area contributed by atoms with Gasteiger partial charge in [-0.2, -0.15) is 0 Å². The Labute approximate surface area is 105 Å². The van der Waals surface area contributed by atoms with E-state index in [4.69, 9.17) is 25.8 Å². The smallest absolute Gasteiger partial charge is 0.119 e. The molecule has 5 N–H and O–H groups in total. The summed E-state index contributed by atoms with van der Waals surface area (Å²) >= 11 is 0. The number of nitrogens with two attached hydrogens (primary N) is 1. The second-order valence-electron chi connectivity index (χ2n) is 3.11. The molecule has 0 heterocycles. The molecule has 5 heteroatoms. The second kappa shape index (κ2) is 8.46. The number of carbonyl (C=O) groups excluding carboxylic acids is 1. The van der Waals surface area contributed by atoms with Crippen LogP contribution in [0, 0.1) is 0 Å². The Morgan fingerprint density at radius 1 is 0.778 bits per heavy atom. The number of hydrogen-bond donors (Lipinski definition) is 4. The van der Waals surface area contributed by atoms with Crippen molar-refractivity contribution in [1.82, 2.24) is 0 Å². The molecule has 18 heavy (non-hydrogen) atoms. The van der Waals surface area contributed by atoms with Gasteiger partial charge in [0.05, 0.1) is 0 Å². The van der Waals surface area contributed by atoms with E-state index in [2.05, 4.69) is 0 Å². The van der Waals surface area contributed by atoms with Gasteiger partial charge in [0, 0.05) is 17.8 Å². The fourth-order valence-corrected chi connectivity index (χ4v) is 1.02. The Hall–Kier alpha value is -2.69. The average molecular weight is 249 g/mol. The molecule has 2 rings (SSSR count). The monoisotopic (exact) mass is 249 g/mol. The molecule has 0 saturated carbocycles. The third-order valence-electron chi connectivity index (χ3n) is 1.70. The van der Waals surface area contributed by atoms with E-state index in [-0.39, 0.29) is 17.2 Å². The topological polar surface area (TPSA) is 104 Å². The van der Waals surface area contributed by atoms with Crippen LogP contribution in [0.4, 0.5) is 5.69 Å². The van der Waals surface area contributed by atoms with Gasteiger partial charge in [-0.25, -0.2) is 0 Å². The molecule has 0 aliphatic heterocycles. The number of aromatic hydroxyl groups is 3. The molecule has 0 spiro atoms. The molecule has 0 bridgehead atoms. The number of phenolic OH excluding ortho intramolecular Hbond substituents is 3. The zero-order valence-corrected chi connectivity index (χ0v) is 9.65. The lowest BCUT2D eigenvalue weighted by Gasteiger charge is -1.90. The Balaban J connectivity index is 0.000000283. The Morgan fingerprint density at radius 3 is 1.39 bits per heavy atom. The van der Waals surface area contributed by atoms with Crippen molar-refractivity contribution >= 4 is 12.5 Å². The Kier molecular flexibility index (Phi) is 7.20. The van der Waals surface area contributed by atoms with Crippen molar-refractivity contribution in [1.29, 1.82) is 0 Å². The third kappa shape index (κ3) is 6.73. The standard InChI is InChI=1S/C6H7NO.C6H6O2.CH2O/c2*7-5-2-1-3-6(8)4-5;1-2/h1-4,8H,7H2;1-4,7-8H;1H2. The molecule has 0 aliphatic rings. The van der Waals surface area contributed by atoms with E-state index in [9.17, 15) is 0 Å². The highest BCUT2D eigenvalue weighted by Crippen LogP contribution is 2.14. The Bertz CT molecular complexity index is 396. The number of rotatable bonds is 0. The minimum Gasteiger partial charge on any atom is -0.508 e. The average Bonchev–Trinajstić information content (AvgIpc) is 2.31. The molecule has 2 aromatic carbocycles. The van der Waals surface area contributed by atoms with Crippen LogP contribution in [0.25, 0.3) is 0 Å². The van der Waals surface area contributed by atoms with Crippen LogP contribution in [-0.2, 0) is 4.79 Å². The molecule has 5 nitrogen and oxygen atoms in total. The van der Waals surface area contributed by atoms with Crippen LogP contribution in [-0.4, -0.2) is 22.1 Å². The molecular formula is C13H15NO4. The molecule has 0 aliphatic carbocycles. The molecule has 0 atom stereocenters. The summed E-state index contributed by atoms with van der Waals surface area (Å²) in [6.45, 7) is 2.00. The first kappa shape index (κ1) is 15.3. The van der Waals surface area contributed by atoms with E-state index >= 15 is 0 Å². The summed E-state index contributed by atoms with van der Waals surface area (Å²) in [5.74, 6) is 0.389. The van der Waals surface area contributed by atoms with Gasteiger partial charge in [-0.15, -0.1) is 0 Å². The largest absolute Gasteiger partial charge is 0.508 e. The fraction of sp³-hybridized carbons (Fsp3) is 0. The van der Waals surface area contributed by atoms with Crippen LogP contribution in [0.1, 0.15) is 0 Å². The maximum Gasteiger partial charge on any atom is 0.119 e. The maximum atomic E-state index is 8.73. The highest BCUT2D eigenvalue weighted by Gasteiger charge is 1.85. The van der Waals surface area contributed by atoms with Gasteiger partial charge in [0.15, 0.2) is 0 Å². The van der Waals surface area contributed by atoms with E-state index in [0.29, 0.717) is 5.69 Å². The van der Waals surface area contributed by atoms with Gasteiger partial charge < -0.3 is 25.8 Å². The van der Waals surface area contributed by atoms with Gasteiger partial charge in [0.1, 0.15) is 24.0 Å². The van der Waals surface area contributed by atoms with Gasteiger partial charge in [-0.1, -0.05) is 12.1 Å². The summed E-state index contributed by atoms with van der Waals surface area (Å²) in [7, 11) is 0. The molecule has 0 aromatic heterocycles. The number of hydrogen-bond acceptors (Lipinski definition) is 5. The molecule has 0 radical (unpaired) electrons. The SMILES string of the molecule is C=O.Nc1cccc(O)c1.Oc1cccc(O)c1. The highest BCUT2D eigenvalue weighted by molar-refractivity contribution is 5.42. The van der Waals surface area contributed by atoms with Gasteiger partial charge in [0.2, 0.25) is 0 Å². The second-order valence-corrected chi connectivity index (χ2v) is 3.11. The molecule has 0 fully saturated rings. The molecule has 2 aromatic rings. The first-order chi connectivity index (χ1) is 8.58. The minimum atomic E-state index is 0.0880. The van der Waals surface area contributed by atoms with E-state index in [1.165, 1.54) is 24.3 Å². The summed E-state index contributed by atoms with van der Waals surface area (Å²) in [5.41, 5.74) is 5.89. The summed E-state index contributed by atoms with van der Waals surface area (Å²) in [6, 6.07) is 12.4. The first-order valence-electron chi connectivity index (χ1n) is 4.89. The quantitative estimate of drug-likeness (QED) is 0.534. The van der Waals surface area contributed by atoms with Crippen molar-refractivity contribution in [3.63, 3.8) is 0 Å². The number of anilines is 1. The van der Waals surface area contributed by atoms with Crippen LogP contribution in [0.2, 0.25) is 0 Å². The Morgan fingerprint density at radius 2 is 1.17 bits per heavy atom. The number of carbonyl (C=O) groups is 1. The first-order valence-corrected chi connectivity index (χ1v) is 4.89. The van der Waals surface area contributed by atoms with E-state index < -0.39 is 0 Å². The van der Waals surface area contributed by atoms with Crippen LogP contribution < -0.4 is 5.73 Å². The third-order valence-corrected chi connectivity index (χ3v) is 1.70. The van der Waals surface area contributed by atoms with Gasteiger partial charge in [0.25, 0.3) is 0 Å². The number of phenols is 3. The van der Waals surface area contributed by atoms with Crippen molar-refractivity contribution in [2.75, 3.05) is 5.73 Å². The van der Waals surface area contributed by atoms with E-state index in [1.54, 1.807) is 24.3 Å². The van der Waals surface area contributed by atoms with Crippen LogP contribution in [0.3, 0.4) is 0 Å². The van der Waals surface area contributed by atoms with Crippen LogP contribution in [0.15, 0.2) is 48.5 Å². The number of benzene rings is 2. The van der Waals surface area contributed by atoms with Gasteiger partial charge >= 0.3 is 0 Å². The van der Waals surface area contributed by atoms with Crippen molar-refractivity contribution < 1.29 is 20.1 Å². The predicted molar refractivity (Wildman–Crippen MR) is 69.4 cm³/mol. The van der Waals surface area contributed by atoms with E-state index in [0.717, 1.165) is 0 Å². The number of nitrogen functional groups attached to an aromatic ring is 1.